The SMILES string of the molecule is COc1ccc2[nH]cc(/C(CCCN(C)C)=C3\Oc4cc(OC(=O)N5CCOCC5)cc(OC(=O)N5CCOCC5)c4C3=O)c2c1. The van der Waals surface area contributed by atoms with E-state index in [1.54, 1.807) is 7.11 Å². The molecule has 2 amide bonds. The van der Waals surface area contributed by atoms with E-state index < -0.39 is 18.0 Å². The van der Waals surface area contributed by atoms with Crippen LogP contribution >= 0.6 is 0 Å². The summed E-state index contributed by atoms with van der Waals surface area (Å²) >= 11 is 0. The topological polar surface area (TPSA) is 132 Å². The minimum atomic E-state index is -0.637. The van der Waals surface area contributed by atoms with Crippen LogP contribution in [0.1, 0.15) is 28.8 Å². The van der Waals surface area contributed by atoms with E-state index in [0.29, 0.717) is 70.3 Å². The minimum Gasteiger partial charge on any atom is -0.497 e. The van der Waals surface area contributed by atoms with Crippen molar-refractivity contribution in [2.24, 2.45) is 0 Å². The molecule has 13 heteroatoms. The van der Waals surface area contributed by atoms with Gasteiger partial charge < -0.3 is 48.1 Å². The molecule has 3 aliphatic rings. The molecule has 3 aliphatic heterocycles. The molecule has 0 radical (unpaired) electrons. The zero-order valence-electron chi connectivity index (χ0n) is 26.3. The summed E-state index contributed by atoms with van der Waals surface area (Å²) in [4.78, 5) is 48.8. The standard InChI is InChI=1S/C33H38N4O9/c1-35(2)8-4-5-23(25-20-34-26-7-6-21(41-3)17-24(25)26)31-30(38)29-27(45-31)18-22(44-32(39)36-9-13-42-14-10-36)19-28(29)46-33(40)37-11-15-43-16-12-37/h6-7,17-20,34H,4-5,8-16H2,1-3H3/b31-23-. The third-order valence-corrected chi connectivity index (χ3v) is 8.15. The van der Waals surface area contributed by atoms with Gasteiger partial charge >= 0.3 is 12.2 Å². The van der Waals surface area contributed by atoms with Gasteiger partial charge in [-0.15, -0.1) is 0 Å². The minimum absolute atomic E-state index is 0.0491. The zero-order valence-corrected chi connectivity index (χ0v) is 26.3. The van der Waals surface area contributed by atoms with E-state index in [2.05, 4.69) is 9.88 Å². The van der Waals surface area contributed by atoms with Crippen LogP contribution in [0.2, 0.25) is 0 Å². The fourth-order valence-electron chi connectivity index (χ4n) is 5.71. The number of carbonyl (C=O) groups is 3. The summed E-state index contributed by atoms with van der Waals surface area (Å²) in [5, 5.41) is 0.873. The van der Waals surface area contributed by atoms with E-state index in [1.165, 1.54) is 21.9 Å². The zero-order chi connectivity index (χ0) is 32.2. The smallest absolute Gasteiger partial charge is 0.415 e. The molecule has 1 aromatic heterocycles. The number of nitrogens with zero attached hydrogens (tertiary/aromatic N) is 3. The highest BCUT2D eigenvalue weighted by atomic mass is 16.6. The third kappa shape index (κ3) is 6.66. The molecule has 0 saturated carbocycles. The Labute approximate surface area is 266 Å². The molecule has 0 atom stereocenters. The van der Waals surface area contributed by atoms with Crippen LogP contribution in [0.15, 0.2) is 42.3 Å². The van der Waals surface area contributed by atoms with Crippen LogP contribution < -0.4 is 18.9 Å². The summed E-state index contributed by atoms with van der Waals surface area (Å²) in [6.07, 6.45) is 1.92. The number of hydrogen-bond acceptors (Lipinski definition) is 10. The highest BCUT2D eigenvalue weighted by molar-refractivity contribution is 6.19. The Morgan fingerprint density at radius 1 is 0.913 bits per heavy atom. The van der Waals surface area contributed by atoms with Gasteiger partial charge in [-0.2, -0.15) is 0 Å². The van der Waals surface area contributed by atoms with Crippen LogP contribution in [0.25, 0.3) is 16.5 Å². The van der Waals surface area contributed by atoms with Crippen molar-refractivity contribution in [3.05, 3.63) is 53.4 Å². The Hall–Kier alpha value is -4.59. The van der Waals surface area contributed by atoms with Gasteiger partial charge in [0.2, 0.25) is 5.78 Å². The van der Waals surface area contributed by atoms with E-state index in [-0.39, 0.29) is 28.6 Å². The predicted molar refractivity (Wildman–Crippen MR) is 168 cm³/mol. The normalized spacial score (nSPS) is 17.6. The van der Waals surface area contributed by atoms with Gasteiger partial charge in [0.05, 0.1) is 33.5 Å². The molecule has 4 heterocycles. The fraction of sp³-hybridized carbons (Fsp3) is 0.424. The fourth-order valence-corrected chi connectivity index (χ4v) is 5.71. The molecule has 0 aliphatic carbocycles. The first-order valence-electron chi connectivity index (χ1n) is 15.4. The maximum Gasteiger partial charge on any atom is 0.415 e. The number of rotatable bonds is 8. The Bertz CT molecular complexity index is 1650. The molecule has 244 valence electrons. The largest absolute Gasteiger partial charge is 0.497 e. The molecule has 2 saturated heterocycles. The van der Waals surface area contributed by atoms with Crippen molar-refractivity contribution in [1.29, 1.82) is 0 Å². The van der Waals surface area contributed by atoms with Crippen molar-refractivity contribution in [3.63, 3.8) is 0 Å². The number of amides is 2. The number of ether oxygens (including phenoxy) is 6. The number of hydrogen-bond donors (Lipinski definition) is 1. The highest BCUT2D eigenvalue weighted by Gasteiger charge is 2.37. The van der Waals surface area contributed by atoms with E-state index in [4.69, 9.17) is 28.4 Å². The van der Waals surface area contributed by atoms with Gasteiger partial charge in [0, 0.05) is 66.5 Å². The molecule has 3 aromatic rings. The summed E-state index contributed by atoms with van der Waals surface area (Å²) in [5.74, 6) is 0.546. The quantitative estimate of drug-likeness (QED) is 0.360. The lowest BCUT2D eigenvalue weighted by atomic mass is 9.96. The highest BCUT2D eigenvalue weighted by Crippen LogP contribution is 2.45. The van der Waals surface area contributed by atoms with Crippen molar-refractivity contribution in [1.82, 2.24) is 19.7 Å². The van der Waals surface area contributed by atoms with Gasteiger partial charge in [-0.3, -0.25) is 4.79 Å². The number of benzene rings is 2. The number of nitrogens with one attached hydrogen (secondary N) is 1. The van der Waals surface area contributed by atoms with E-state index in [9.17, 15) is 14.4 Å². The van der Waals surface area contributed by atoms with Crippen LogP contribution in [-0.2, 0) is 9.47 Å². The first-order chi connectivity index (χ1) is 22.3. The monoisotopic (exact) mass is 634 g/mol. The summed E-state index contributed by atoms with van der Waals surface area (Å²) in [6, 6.07) is 8.58. The molecular formula is C33H38N4O9. The number of carbonyl (C=O) groups excluding carboxylic acids is 3. The number of fused-ring (bicyclic) bond motifs is 2. The number of H-pyrrole nitrogens is 1. The van der Waals surface area contributed by atoms with E-state index in [0.717, 1.165) is 29.4 Å². The number of methoxy groups -OCH3 is 1. The second-order valence-electron chi connectivity index (χ2n) is 11.5. The number of Topliss-reactive ketones (excluding diaryl/α,β-unsaturated/α-hetero) is 1. The molecular weight excluding hydrogens is 596 g/mol. The number of morpholine rings is 2. The lowest BCUT2D eigenvalue weighted by molar-refractivity contribution is 0.0409. The van der Waals surface area contributed by atoms with Crippen LogP contribution in [0, 0.1) is 0 Å². The van der Waals surface area contributed by atoms with Crippen LogP contribution in [0.5, 0.6) is 23.0 Å². The maximum atomic E-state index is 14.3. The number of allylic oxidation sites excluding steroid dienone is 2. The molecule has 1 N–H and O–H groups in total. The second kappa shape index (κ2) is 13.8. The van der Waals surface area contributed by atoms with Gasteiger partial charge in [0.15, 0.2) is 11.5 Å². The number of ketones is 1. The van der Waals surface area contributed by atoms with E-state index >= 15 is 0 Å². The average molecular weight is 635 g/mol. The van der Waals surface area contributed by atoms with Gasteiger partial charge in [0.25, 0.3) is 0 Å². The van der Waals surface area contributed by atoms with Crippen LogP contribution in [0.4, 0.5) is 9.59 Å². The Morgan fingerprint density at radius 2 is 1.59 bits per heavy atom. The van der Waals surface area contributed by atoms with Gasteiger partial charge in [0.1, 0.15) is 22.8 Å². The van der Waals surface area contributed by atoms with Crippen LogP contribution in [-0.4, -0.2) is 118 Å². The first-order valence-corrected chi connectivity index (χ1v) is 15.4. The molecule has 46 heavy (non-hydrogen) atoms. The van der Waals surface area contributed by atoms with Crippen molar-refractivity contribution >= 4 is 34.4 Å². The van der Waals surface area contributed by atoms with Crippen molar-refractivity contribution in [2.45, 2.75) is 12.8 Å². The first kappa shape index (κ1) is 31.4. The molecule has 6 rings (SSSR count). The van der Waals surface area contributed by atoms with Gasteiger partial charge in [-0.25, -0.2) is 9.59 Å². The number of aromatic nitrogens is 1. The lowest BCUT2D eigenvalue weighted by Gasteiger charge is -2.26. The third-order valence-electron chi connectivity index (χ3n) is 8.15. The summed E-state index contributed by atoms with van der Waals surface area (Å²) < 4.78 is 34.0. The van der Waals surface area contributed by atoms with Gasteiger partial charge in [-0.1, -0.05) is 0 Å². The van der Waals surface area contributed by atoms with Crippen molar-refractivity contribution in [2.75, 3.05) is 80.4 Å². The Kier molecular flexibility index (Phi) is 9.43. The van der Waals surface area contributed by atoms with Crippen LogP contribution in [0.3, 0.4) is 0 Å². The van der Waals surface area contributed by atoms with Crippen molar-refractivity contribution < 1.29 is 42.8 Å². The summed E-state index contributed by atoms with van der Waals surface area (Å²) in [5.41, 5.74) is 2.46. The van der Waals surface area contributed by atoms with Crippen molar-refractivity contribution in [3.8, 4) is 23.0 Å². The van der Waals surface area contributed by atoms with E-state index in [1.807, 2.05) is 38.5 Å². The summed E-state index contributed by atoms with van der Waals surface area (Å²) in [7, 11) is 5.59. The molecule has 2 aromatic carbocycles. The van der Waals surface area contributed by atoms with Gasteiger partial charge in [-0.05, 0) is 51.7 Å². The predicted octanol–water partition coefficient (Wildman–Crippen LogP) is 4.17. The molecule has 0 unspecified atom stereocenters. The number of aromatic amines is 1. The Balaban J connectivity index is 1.40. The molecule has 13 nitrogen and oxygen atoms in total. The lowest BCUT2D eigenvalue weighted by Crippen LogP contribution is -2.42. The molecule has 0 spiro atoms. The Morgan fingerprint density at radius 3 is 2.24 bits per heavy atom. The average Bonchev–Trinajstić information content (AvgIpc) is 3.64. The summed E-state index contributed by atoms with van der Waals surface area (Å²) in [6.45, 7) is 3.83. The molecule has 2 fully saturated rings. The maximum absolute atomic E-state index is 14.3. The molecule has 0 bridgehead atoms. The second-order valence-corrected chi connectivity index (χ2v) is 11.5.